The van der Waals surface area contributed by atoms with Gasteiger partial charge < -0.3 is 0 Å². The summed E-state index contributed by atoms with van der Waals surface area (Å²) in [6.45, 7) is 0. The molecule has 0 aromatic carbocycles. The van der Waals surface area contributed by atoms with Crippen LogP contribution in [-0.2, 0) is 0 Å². The lowest BCUT2D eigenvalue weighted by atomic mass is 10.2. The van der Waals surface area contributed by atoms with Gasteiger partial charge in [0.15, 0.2) is 0 Å². The van der Waals surface area contributed by atoms with E-state index >= 15 is 0 Å². The van der Waals surface area contributed by atoms with Crippen LogP contribution in [0.15, 0.2) is 0 Å². The molecule has 0 heterocycles. The molecule has 0 aliphatic carbocycles. The summed E-state index contributed by atoms with van der Waals surface area (Å²) in [6, 6.07) is -5.66. The number of rotatable bonds is 4. The fourth-order valence-electron chi connectivity index (χ4n) is 0.524. The van der Waals surface area contributed by atoms with E-state index in [1.807, 2.05) is 0 Å². The molecule has 0 unspecified atom stereocenters. The van der Waals surface area contributed by atoms with Crippen molar-refractivity contribution in [2.24, 2.45) is 0 Å². The predicted molar refractivity (Wildman–Crippen MR) is 44.2 cm³/mol. The lowest BCUT2D eigenvalue weighted by molar-refractivity contribution is -0.316. The molecule has 0 saturated carbocycles. The van der Waals surface area contributed by atoms with E-state index in [1.165, 1.54) is 0 Å². The Morgan fingerprint density at radius 2 is 1.12 bits per heavy atom. The summed E-state index contributed by atoms with van der Waals surface area (Å²) < 4.78 is 97.9. The minimum absolute atomic E-state index is 4.48. The molecule has 12 heteroatoms. The van der Waals surface area contributed by atoms with Crippen molar-refractivity contribution < 1.29 is 35.1 Å². The van der Waals surface area contributed by atoms with Crippen molar-refractivity contribution in [2.75, 3.05) is 0 Å². The van der Waals surface area contributed by atoms with Crippen LogP contribution in [0.5, 0.6) is 0 Å². The maximum Gasteiger partial charge on any atom is 0.424 e. The Kier molecular flexibility index (Phi) is 4.47. The highest BCUT2D eigenvalue weighted by atomic mass is 35.8. The zero-order valence-corrected chi connectivity index (χ0v) is 10.0. The van der Waals surface area contributed by atoms with Gasteiger partial charge in [0.25, 0.3) is 0 Å². The van der Waals surface area contributed by atoms with E-state index < -0.39 is 29.8 Å². The third-order valence-corrected chi connectivity index (χ3v) is 4.61. The molecule has 0 aliphatic heterocycles. The van der Waals surface area contributed by atoms with Crippen molar-refractivity contribution in [1.29, 1.82) is 0 Å². The molecule has 0 atom stereocenters. The zero-order valence-electron chi connectivity index (χ0n) is 6.73. The molecule has 0 aromatic heterocycles. The van der Waals surface area contributed by atoms with Crippen molar-refractivity contribution in [3.8, 4) is 0 Å². The SMILES string of the molecule is FC(F)C(F)(F)C(F)(F)C(F)(F)[Si](Cl)(Cl)Cl. The van der Waals surface area contributed by atoms with Crippen molar-refractivity contribution >= 4 is 39.2 Å². The van der Waals surface area contributed by atoms with Gasteiger partial charge in [-0.3, -0.25) is 0 Å². The summed E-state index contributed by atoms with van der Waals surface area (Å²) in [4.78, 5) is 0. The van der Waals surface area contributed by atoms with Gasteiger partial charge in [-0.05, 0) is 0 Å². The van der Waals surface area contributed by atoms with Crippen LogP contribution in [0, 0.1) is 0 Å². The maximum atomic E-state index is 12.7. The Hall–Kier alpha value is 0.527. The predicted octanol–water partition coefficient (Wildman–Crippen LogP) is 4.35. The second-order valence-electron chi connectivity index (χ2n) is 2.57. The first-order chi connectivity index (χ1) is 6.69. The van der Waals surface area contributed by atoms with E-state index in [-0.39, 0.29) is 0 Å². The van der Waals surface area contributed by atoms with E-state index in [1.54, 1.807) is 0 Å². The average Bonchev–Trinajstić information content (AvgIpc) is 2.00. The van der Waals surface area contributed by atoms with Crippen LogP contribution in [0.25, 0.3) is 0 Å². The zero-order chi connectivity index (χ0) is 13.6. The van der Waals surface area contributed by atoms with Crippen molar-refractivity contribution in [2.45, 2.75) is 23.8 Å². The Morgan fingerprint density at radius 1 is 0.812 bits per heavy atom. The summed E-state index contributed by atoms with van der Waals surface area (Å²) >= 11 is 13.4. The number of halogens is 11. The summed E-state index contributed by atoms with van der Waals surface area (Å²) in [5, 5.41) is 0. The number of hydrogen-bond acceptors (Lipinski definition) is 0. The maximum absolute atomic E-state index is 12.7. The van der Waals surface area contributed by atoms with Crippen LogP contribution in [0.2, 0.25) is 0 Å². The van der Waals surface area contributed by atoms with Crippen LogP contribution in [0.4, 0.5) is 35.1 Å². The lowest BCUT2D eigenvalue weighted by Crippen LogP contribution is -2.64. The van der Waals surface area contributed by atoms with Crippen LogP contribution in [-0.4, -0.2) is 29.8 Å². The Bertz CT molecular complexity index is 260. The van der Waals surface area contributed by atoms with E-state index in [0.717, 1.165) is 0 Å². The van der Waals surface area contributed by atoms with Gasteiger partial charge in [-0.25, -0.2) is 8.78 Å². The van der Waals surface area contributed by atoms with Gasteiger partial charge in [0.2, 0.25) is 0 Å². The average molecular weight is 335 g/mol. The minimum atomic E-state index is -6.45. The first-order valence-electron chi connectivity index (χ1n) is 3.18. The van der Waals surface area contributed by atoms with Crippen molar-refractivity contribution in [1.82, 2.24) is 0 Å². The topological polar surface area (TPSA) is 0 Å². The fraction of sp³-hybridized carbons (Fsp3) is 1.00. The Balaban J connectivity index is 5.53. The molecule has 0 rings (SSSR count). The summed E-state index contributed by atoms with van der Waals surface area (Å²) in [6.07, 6.45) is -5.02. The number of hydrogen-bond donors (Lipinski definition) is 0. The first-order valence-corrected chi connectivity index (χ1v) is 8.21. The van der Waals surface area contributed by atoms with E-state index in [0.29, 0.717) is 0 Å². The molecule has 0 nitrogen and oxygen atoms in total. The third-order valence-electron chi connectivity index (χ3n) is 1.44. The van der Waals surface area contributed by atoms with E-state index in [2.05, 4.69) is 33.2 Å². The van der Waals surface area contributed by atoms with Crippen LogP contribution < -0.4 is 0 Å². The second kappa shape index (κ2) is 4.32. The van der Waals surface area contributed by atoms with Gasteiger partial charge in [0, 0.05) is 0 Å². The molecule has 98 valence electrons. The summed E-state index contributed by atoms with van der Waals surface area (Å²) in [5.41, 5.74) is -5.83. The lowest BCUT2D eigenvalue weighted by Gasteiger charge is -2.34. The fourth-order valence-corrected chi connectivity index (χ4v) is 2.12. The largest absolute Gasteiger partial charge is 0.424 e. The molecule has 0 radical (unpaired) electrons. The van der Waals surface area contributed by atoms with Gasteiger partial charge in [-0.2, -0.15) is 26.3 Å². The highest BCUT2D eigenvalue weighted by molar-refractivity contribution is 7.65. The van der Waals surface area contributed by atoms with E-state index in [4.69, 9.17) is 0 Å². The molecule has 0 amide bonds. The van der Waals surface area contributed by atoms with Gasteiger partial charge >= 0.3 is 29.8 Å². The Morgan fingerprint density at radius 3 is 1.31 bits per heavy atom. The van der Waals surface area contributed by atoms with Crippen molar-refractivity contribution in [3.63, 3.8) is 0 Å². The van der Waals surface area contributed by atoms with Crippen LogP contribution >= 0.6 is 33.2 Å². The number of alkyl halides is 8. The minimum Gasteiger partial charge on any atom is -0.203 e. The van der Waals surface area contributed by atoms with Crippen molar-refractivity contribution in [3.05, 3.63) is 0 Å². The van der Waals surface area contributed by atoms with Crippen LogP contribution in [0.3, 0.4) is 0 Å². The molecular formula is C4HCl3F8Si. The van der Waals surface area contributed by atoms with Gasteiger partial charge in [0.1, 0.15) is 0 Å². The molecule has 16 heavy (non-hydrogen) atoms. The van der Waals surface area contributed by atoms with Gasteiger partial charge in [-0.1, -0.05) is 0 Å². The smallest absolute Gasteiger partial charge is 0.203 e. The van der Waals surface area contributed by atoms with Gasteiger partial charge in [0.05, 0.1) is 0 Å². The van der Waals surface area contributed by atoms with Gasteiger partial charge in [-0.15, -0.1) is 33.2 Å². The molecule has 0 saturated heterocycles. The third kappa shape index (κ3) is 2.36. The molecule has 0 N–H and O–H groups in total. The Labute approximate surface area is 98.6 Å². The monoisotopic (exact) mass is 334 g/mol. The summed E-state index contributed by atoms with van der Waals surface area (Å²) in [5.74, 6) is -12.8. The van der Waals surface area contributed by atoms with Crippen LogP contribution in [0.1, 0.15) is 0 Å². The van der Waals surface area contributed by atoms with E-state index in [9.17, 15) is 35.1 Å². The molecule has 0 aliphatic rings. The standard InChI is InChI=1S/C4HCl3F8Si/c5-16(6,7)4(14,15)3(12,13)2(10,11)1(8)9/h1H. The molecule has 0 aromatic rings. The normalized spacial score (nSPS) is 15.8. The molecule has 0 spiro atoms. The molecule has 0 bridgehead atoms. The quantitative estimate of drug-likeness (QED) is 0.407. The highest BCUT2D eigenvalue weighted by Gasteiger charge is 2.81. The summed E-state index contributed by atoms with van der Waals surface area (Å²) in [7, 11) is 0. The first kappa shape index (κ1) is 16.5. The highest BCUT2D eigenvalue weighted by Crippen LogP contribution is 2.54. The second-order valence-corrected chi connectivity index (χ2v) is 11.0. The molecular weight excluding hydrogens is 334 g/mol. The molecule has 0 fully saturated rings.